The molecule has 1 spiro atoms. The lowest BCUT2D eigenvalue weighted by Gasteiger charge is -2.33. The summed E-state index contributed by atoms with van der Waals surface area (Å²) in [5, 5.41) is 2.80. The Morgan fingerprint density at radius 1 is 1.28 bits per heavy atom. The number of carbonyl (C=O) groups excluding carboxylic acids is 4. The third-order valence-corrected chi connectivity index (χ3v) is 5.40. The van der Waals surface area contributed by atoms with Gasteiger partial charge in [0.05, 0.1) is 10.6 Å². The van der Waals surface area contributed by atoms with E-state index in [0.29, 0.717) is 35.9 Å². The predicted molar refractivity (Wildman–Crippen MR) is 95.5 cm³/mol. The fourth-order valence-corrected chi connectivity index (χ4v) is 3.59. The minimum atomic E-state index is -1.31. The van der Waals surface area contributed by atoms with Crippen LogP contribution in [0.1, 0.15) is 43.0 Å². The van der Waals surface area contributed by atoms with Crippen molar-refractivity contribution < 1.29 is 32.7 Å². The SMILES string of the molecule is CC1CCC2(CC1)NC(=O)N(NC(=O)COC(=O)c1cc(F)c(F)cc1Cl)C2=O. The van der Waals surface area contributed by atoms with Crippen LogP contribution in [0, 0.1) is 17.6 Å². The van der Waals surface area contributed by atoms with E-state index >= 15 is 0 Å². The Balaban J connectivity index is 1.58. The van der Waals surface area contributed by atoms with Crippen LogP contribution in [0.4, 0.5) is 13.6 Å². The number of hydrogen-bond acceptors (Lipinski definition) is 5. The molecule has 1 aliphatic carbocycles. The molecule has 8 nitrogen and oxygen atoms in total. The third-order valence-electron chi connectivity index (χ3n) is 5.09. The zero-order valence-corrected chi connectivity index (χ0v) is 16.1. The van der Waals surface area contributed by atoms with Crippen molar-refractivity contribution in [2.75, 3.05) is 6.61 Å². The van der Waals surface area contributed by atoms with E-state index < -0.39 is 58.2 Å². The van der Waals surface area contributed by atoms with Crippen LogP contribution < -0.4 is 10.7 Å². The second kappa shape index (κ2) is 7.94. The average molecular weight is 430 g/mol. The van der Waals surface area contributed by atoms with Gasteiger partial charge in [-0.05, 0) is 43.7 Å². The van der Waals surface area contributed by atoms with Gasteiger partial charge in [0, 0.05) is 0 Å². The lowest BCUT2D eigenvalue weighted by molar-refractivity contribution is -0.141. The summed E-state index contributed by atoms with van der Waals surface area (Å²) in [4.78, 5) is 48.7. The van der Waals surface area contributed by atoms with Crippen molar-refractivity contribution in [3.63, 3.8) is 0 Å². The molecule has 2 N–H and O–H groups in total. The number of esters is 1. The Hall–Kier alpha value is -2.75. The first-order valence-corrected chi connectivity index (χ1v) is 9.28. The van der Waals surface area contributed by atoms with Crippen molar-refractivity contribution >= 4 is 35.4 Å². The summed E-state index contributed by atoms with van der Waals surface area (Å²) < 4.78 is 31.0. The van der Waals surface area contributed by atoms with Crippen LogP contribution in [-0.2, 0) is 14.3 Å². The molecule has 1 aromatic rings. The van der Waals surface area contributed by atoms with Crippen molar-refractivity contribution in [2.24, 2.45) is 5.92 Å². The fourth-order valence-electron chi connectivity index (χ4n) is 3.36. The number of imide groups is 1. The molecular formula is C18H18ClF2N3O5. The summed E-state index contributed by atoms with van der Waals surface area (Å²) >= 11 is 5.67. The summed E-state index contributed by atoms with van der Waals surface area (Å²) in [6.45, 7) is 1.19. The van der Waals surface area contributed by atoms with Crippen LogP contribution in [0.15, 0.2) is 12.1 Å². The average Bonchev–Trinajstić information content (AvgIpc) is 2.89. The van der Waals surface area contributed by atoms with E-state index in [1.807, 2.05) is 0 Å². The van der Waals surface area contributed by atoms with Gasteiger partial charge in [0.15, 0.2) is 18.2 Å². The van der Waals surface area contributed by atoms with E-state index in [0.717, 1.165) is 12.8 Å². The zero-order valence-electron chi connectivity index (χ0n) is 15.4. The molecule has 1 saturated carbocycles. The molecule has 4 amide bonds. The number of urea groups is 1. The molecule has 0 atom stereocenters. The Morgan fingerprint density at radius 2 is 1.90 bits per heavy atom. The number of hydrogen-bond donors (Lipinski definition) is 2. The Bertz CT molecular complexity index is 886. The summed E-state index contributed by atoms with van der Waals surface area (Å²) in [7, 11) is 0. The summed E-state index contributed by atoms with van der Waals surface area (Å²) in [6.07, 6.45) is 2.46. The van der Waals surface area contributed by atoms with Crippen LogP contribution in [0.25, 0.3) is 0 Å². The van der Waals surface area contributed by atoms with Crippen LogP contribution in [0.2, 0.25) is 5.02 Å². The molecule has 156 valence electrons. The normalized spacial score (nSPS) is 23.9. The van der Waals surface area contributed by atoms with Gasteiger partial charge in [-0.1, -0.05) is 18.5 Å². The van der Waals surface area contributed by atoms with Crippen LogP contribution in [0.5, 0.6) is 0 Å². The summed E-state index contributed by atoms with van der Waals surface area (Å²) in [5.74, 6) is -4.80. The number of ether oxygens (including phenoxy) is 1. The van der Waals surface area contributed by atoms with E-state index in [4.69, 9.17) is 16.3 Å². The van der Waals surface area contributed by atoms with Gasteiger partial charge in [0.25, 0.3) is 11.8 Å². The number of benzene rings is 1. The molecule has 2 fully saturated rings. The van der Waals surface area contributed by atoms with Crippen molar-refractivity contribution in [3.8, 4) is 0 Å². The number of rotatable bonds is 4. The minimum Gasteiger partial charge on any atom is -0.452 e. The van der Waals surface area contributed by atoms with Crippen LogP contribution in [-0.4, -0.2) is 41.0 Å². The van der Waals surface area contributed by atoms with Gasteiger partial charge in [-0.25, -0.2) is 18.4 Å². The molecule has 0 unspecified atom stereocenters. The molecular weight excluding hydrogens is 412 g/mol. The van der Waals surface area contributed by atoms with Gasteiger partial charge in [0.2, 0.25) is 0 Å². The summed E-state index contributed by atoms with van der Waals surface area (Å²) in [5.41, 5.74) is 0.588. The minimum absolute atomic E-state index is 0.392. The first-order valence-electron chi connectivity index (χ1n) is 8.91. The topological polar surface area (TPSA) is 105 Å². The van der Waals surface area contributed by atoms with Crippen LogP contribution in [0.3, 0.4) is 0 Å². The number of nitrogens with one attached hydrogen (secondary N) is 2. The van der Waals surface area contributed by atoms with E-state index in [9.17, 15) is 28.0 Å². The van der Waals surface area contributed by atoms with E-state index in [-0.39, 0.29) is 0 Å². The van der Waals surface area contributed by atoms with Gasteiger partial charge in [-0.3, -0.25) is 15.0 Å². The maximum atomic E-state index is 13.3. The maximum absolute atomic E-state index is 13.3. The highest BCUT2D eigenvalue weighted by atomic mass is 35.5. The van der Waals surface area contributed by atoms with E-state index in [1.165, 1.54) is 0 Å². The molecule has 3 rings (SSSR count). The van der Waals surface area contributed by atoms with Gasteiger partial charge >= 0.3 is 12.0 Å². The first-order chi connectivity index (χ1) is 13.6. The molecule has 11 heteroatoms. The molecule has 1 saturated heterocycles. The molecule has 1 heterocycles. The number of carbonyl (C=O) groups is 4. The maximum Gasteiger partial charge on any atom is 0.344 e. The number of halogens is 3. The lowest BCUT2D eigenvalue weighted by Crippen LogP contribution is -2.52. The quantitative estimate of drug-likeness (QED) is 0.434. The Morgan fingerprint density at radius 3 is 2.55 bits per heavy atom. The predicted octanol–water partition coefficient (Wildman–Crippen LogP) is 2.31. The first kappa shape index (κ1) is 21.0. The van der Waals surface area contributed by atoms with Gasteiger partial charge in [-0.15, -0.1) is 0 Å². The number of hydrazine groups is 1. The molecule has 0 radical (unpaired) electrons. The fraction of sp³-hybridized carbons (Fsp3) is 0.444. The molecule has 2 aliphatic rings. The molecule has 1 aliphatic heterocycles. The second-order valence-corrected chi connectivity index (χ2v) is 7.60. The van der Waals surface area contributed by atoms with Crippen molar-refractivity contribution in [1.82, 2.24) is 15.8 Å². The third kappa shape index (κ3) is 4.16. The summed E-state index contributed by atoms with van der Waals surface area (Å²) in [6, 6.07) is 0.377. The molecule has 0 bridgehead atoms. The molecule has 0 aromatic heterocycles. The van der Waals surface area contributed by atoms with Crippen molar-refractivity contribution in [2.45, 2.75) is 38.1 Å². The number of amides is 4. The smallest absolute Gasteiger partial charge is 0.344 e. The largest absolute Gasteiger partial charge is 0.452 e. The highest BCUT2D eigenvalue weighted by Gasteiger charge is 2.52. The van der Waals surface area contributed by atoms with Gasteiger partial charge < -0.3 is 10.1 Å². The standard InChI is InChI=1S/C18H18ClF2N3O5/c1-9-2-4-18(5-3-9)16(27)24(17(28)22-18)23-14(25)8-29-15(26)10-6-12(20)13(21)7-11(10)19/h6-7,9H,2-5,8H2,1H3,(H,22,28)(H,23,25). The Labute approximate surface area is 169 Å². The monoisotopic (exact) mass is 429 g/mol. The molecule has 29 heavy (non-hydrogen) atoms. The second-order valence-electron chi connectivity index (χ2n) is 7.19. The lowest BCUT2D eigenvalue weighted by atomic mass is 9.77. The van der Waals surface area contributed by atoms with Crippen molar-refractivity contribution in [1.29, 1.82) is 0 Å². The van der Waals surface area contributed by atoms with E-state index in [2.05, 4.69) is 17.7 Å². The van der Waals surface area contributed by atoms with Crippen LogP contribution >= 0.6 is 11.6 Å². The highest BCUT2D eigenvalue weighted by molar-refractivity contribution is 6.33. The zero-order chi connectivity index (χ0) is 21.3. The highest BCUT2D eigenvalue weighted by Crippen LogP contribution is 2.35. The van der Waals surface area contributed by atoms with Gasteiger partial charge in [0.1, 0.15) is 5.54 Å². The van der Waals surface area contributed by atoms with Gasteiger partial charge in [-0.2, -0.15) is 5.01 Å². The molecule has 1 aromatic carbocycles. The number of nitrogens with zero attached hydrogens (tertiary/aromatic N) is 1. The van der Waals surface area contributed by atoms with Crippen molar-refractivity contribution in [3.05, 3.63) is 34.4 Å². The van der Waals surface area contributed by atoms with E-state index in [1.54, 1.807) is 0 Å². The Kier molecular flexibility index (Phi) is 5.74.